The average Bonchev–Trinajstić information content (AvgIpc) is 2.17. The highest BCUT2D eigenvalue weighted by Gasteiger charge is 2.10. The Balaban J connectivity index is 2.61. The van der Waals surface area contributed by atoms with Gasteiger partial charge in [-0.05, 0) is 32.5 Å². The van der Waals surface area contributed by atoms with Crippen molar-refractivity contribution in [3.05, 3.63) is 29.6 Å². The summed E-state index contributed by atoms with van der Waals surface area (Å²) in [5.41, 5.74) is 5.92. The number of phenols is 1. The summed E-state index contributed by atoms with van der Waals surface area (Å²) in [4.78, 5) is 0. The SMILES string of the molecule is CC(NCCCN)c1ccc(O)cc1F. The Bertz CT molecular complexity index is 317. The Kier molecular flexibility index (Phi) is 4.52. The smallest absolute Gasteiger partial charge is 0.131 e. The molecular formula is C11H17FN2O. The fraction of sp³-hybridized carbons (Fsp3) is 0.455. The van der Waals surface area contributed by atoms with Gasteiger partial charge in [0.1, 0.15) is 11.6 Å². The predicted molar refractivity (Wildman–Crippen MR) is 58.2 cm³/mol. The summed E-state index contributed by atoms with van der Waals surface area (Å²) in [6, 6.07) is 4.12. The van der Waals surface area contributed by atoms with Gasteiger partial charge in [-0.2, -0.15) is 0 Å². The lowest BCUT2D eigenvalue weighted by molar-refractivity contribution is 0.463. The fourth-order valence-corrected chi connectivity index (χ4v) is 1.40. The number of benzene rings is 1. The topological polar surface area (TPSA) is 58.3 Å². The molecule has 84 valence electrons. The average molecular weight is 212 g/mol. The summed E-state index contributed by atoms with van der Waals surface area (Å²) >= 11 is 0. The normalized spacial score (nSPS) is 12.7. The van der Waals surface area contributed by atoms with Crippen molar-refractivity contribution in [1.29, 1.82) is 0 Å². The van der Waals surface area contributed by atoms with Crippen molar-refractivity contribution in [1.82, 2.24) is 5.32 Å². The first kappa shape index (κ1) is 11.9. The van der Waals surface area contributed by atoms with Gasteiger partial charge in [0, 0.05) is 17.7 Å². The Hall–Kier alpha value is -1.13. The molecule has 0 fully saturated rings. The number of aromatic hydroxyl groups is 1. The molecule has 15 heavy (non-hydrogen) atoms. The second-order valence-electron chi connectivity index (χ2n) is 3.52. The summed E-state index contributed by atoms with van der Waals surface area (Å²) in [5, 5.41) is 12.2. The minimum absolute atomic E-state index is 0.0505. The zero-order valence-corrected chi connectivity index (χ0v) is 8.83. The Morgan fingerprint density at radius 3 is 2.87 bits per heavy atom. The zero-order valence-electron chi connectivity index (χ0n) is 8.83. The Morgan fingerprint density at radius 1 is 1.53 bits per heavy atom. The third-order valence-electron chi connectivity index (χ3n) is 2.28. The largest absolute Gasteiger partial charge is 0.508 e. The fourth-order valence-electron chi connectivity index (χ4n) is 1.40. The van der Waals surface area contributed by atoms with Crippen molar-refractivity contribution < 1.29 is 9.50 Å². The van der Waals surface area contributed by atoms with E-state index in [9.17, 15) is 4.39 Å². The molecule has 0 saturated carbocycles. The lowest BCUT2D eigenvalue weighted by Crippen LogP contribution is -2.22. The van der Waals surface area contributed by atoms with Gasteiger partial charge in [0.15, 0.2) is 0 Å². The molecule has 0 aromatic heterocycles. The van der Waals surface area contributed by atoms with Gasteiger partial charge in [0.05, 0.1) is 0 Å². The Morgan fingerprint density at radius 2 is 2.27 bits per heavy atom. The molecule has 0 radical (unpaired) electrons. The molecule has 1 rings (SSSR count). The van der Waals surface area contributed by atoms with Gasteiger partial charge in [0.2, 0.25) is 0 Å². The number of nitrogens with two attached hydrogens (primary N) is 1. The summed E-state index contributed by atoms with van der Waals surface area (Å²) in [6.45, 7) is 3.27. The van der Waals surface area contributed by atoms with Crippen LogP contribution in [0.3, 0.4) is 0 Å². The molecule has 0 amide bonds. The first-order chi connectivity index (χ1) is 7.15. The van der Waals surface area contributed by atoms with Gasteiger partial charge < -0.3 is 16.2 Å². The van der Waals surface area contributed by atoms with Gasteiger partial charge in [0.25, 0.3) is 0 Å². The van der Waals surface area contributed by atoms with E-state index in [0.29, 0.717) is 12.1 Å². The first-order valence-electron chi connectivity index (χ1n) is 5.07. The van der Waals surface area contributed by atoms with E-state index in [1.165, 1.54) is 6.07 Å². The molecular weight excluding hydrogens is 195 g/mol. The molecule has 1 atom stereocenters. The predicted octanol–water partition coefficient (Wildman–Crippen LogP) is 1.53. The molecule has 1 aromatic carbocycles. The summed E-state index contributed by atoms with van der Waals surface area (Å²) < 4.78 is 13.4. The molecule has 0 saturated heterocycles. The van der Waals surface area contributed by atoms with E-state index in [1.807, 2.05) is 6.92 Å². The highest BCUT2D eigenvalue weighted by atomic mass is 19.1. The second-order valence-corrected chi connectivity index (χ2v) is 3.52. The minimum Gasteiger partial charge on any atom is -0.508 e. The summed E-state index contributed by atoms with van der Waals surface area (Å²) in [5.74, 6) is -0.437. The van der Waals surface area contributed by atoms with Gasteiger partial charge in [-0.15, -0.1) is 0 Å². The van der Waals surface area contributed by atoms with E-state index in [0.717, 1.165) is 19.0 Å². The van der Waals surface area contributed by atoms with Gasteiger partial charge in [-0.1, -0.05) is 6.07 Å². The van der Waals surface area contributed by atoms with Crippen LogP contribution in [0.2, 0.25) is 0 Å². The molecule has 3 nitrogen and oxygen atoms in total. The van der Waals surface area contributed by atoms with Crippen molar-refractivity contribution in [2.75, 3.05) is 13.1 Å². The lowest BCUT2D eigenvalue weighted by atomic mass is 10.1. The lowest BCUT2D eigenvalue weighted by Gasteiger charge is -2.14. The van der Waals surface area contributed by atoms with Crippen molar-refractivity contribution in [3.63, 3.8) is 0 Å². The number of nitrogens with one attached hydrogen (secondary N) is 1. The number of rotatable bonds is 5. The highest BCUT2D eigenvalue weighted by Crippen LogP contribution is 2.20. The van der Waals surface area contributed by atoms with E-state index in [2.05, 4.69) is 5.32 Å². The van der Waals surface area contributed by atoms with Crippen molar-refractivity contribution in [2.45, 2.75) is 19.4 Å². The van der Waals surface area contributed by atoms with E-state index < -0.39 is 0 Å². The van der Waals surface area contributed by atoms with Gasteiger partial charge in [-0.3, -0.25) is 0 Å². The van der Waals surface area contributed by atoms with Crippen molar-refractivity contribution in [3.8, 4) is 5.75 Å². The number of halogens is 1. The molecule has 1 aromatic rings. The maximum Gasteiger partial charge on any atom is 0.131 e. The number of phenolic OH excluding ortho intramolecular Hbond substituents is 1. The maximum absolute atomic E-state index is 13.4. The third-order valence-corrected chi connectivity index (χ3v) is 2.28. The Labute approximate surface area is 89.1 Å². The van der Waals surface area contributed by atoms with Crippen LogP contribution in [0, 0.1) is 5.82 Å². The molecule has 4 N–H and O–H groups in total. The van der Waals surface area contributed by atoms with Crippen LogP contribution in [-0.4, -0.2) is 18.2 Å². The van der Waals surface area contributed by atoms with Crippen molar-refractivity contribution >= 4 is 0 Å². The molecule has 0 heterocycles. The zero-order chi connectivity index (χ0) is 11.3. The van der Waals surface area contributed by atoms with Crippen LogP contribution in [-0.2, 0) is 0 Å². The number of hydrogen-bond acceptors (Lipinski definition) is 3. The van der Waals surface area contributed by atoms with Crippen LogP contribution in [0.15, 0.2) is 18.2 Å². The van der Waals surface area contributed by atoms with Gasteiger partial charge in [-0.25, -0.2) is 4.39 Å². The number of hydrogen-bond donors (Lipinski definition) is 3. The maximum atomic E-state index is 13.4. The summed E-state index contributed by atoms with van der Waals surface area (Å²) in [7, 11) is 0. The van der Waals surface area contributed by atoms with Crippen LogP contribution >= 0.6 is 0 Å². The molecule has 0 spiro atoms. The van der Waals surface area contributed by atoms with E-state index in [-0.39, 0.29) is 17.6 Å². The quantitative estimate of drug-likeness (QED) is 0.649. The monoisotopic (exact) mass is 212 g/mol. The molecule has 0 bridgehead atoms. The second kappa shape index (κ2) is 5.68. The molecule has 1 unspecified atom stereocenters. The van der Waals surface area contributed by atoms with Gasteiger partial charge >= 0.3 is 0 Å². The van der Waals surface area contributed by atoms with E-state index in [4.69, 9.17) is 10.8 Å². The third kappa shape index (κ3) is 3.49. The first-order valence-corrected chi connectivity index (χ1v) is 5.07. The van der Waals surface area contributed by atoms with Crippen LogP contribution in [0.1, 0.15) is 24.9 Å². The van der Waals surface area contributed by atoms with E-state index >= 15 is 0 Å². The van der Waals surface area contributed by atoms with Crippen LogP contribution < -0.4 is 11.1 Å². The van der Waals surface area contributed by atoms with Crippen LogP contribution in [0.5, 0.6) is 5.75 Å². The standard InChI is InChI=1S/C11H17FN2O/c1-8(14-6-2-5-13)10-4-3-9(15)7-11(10)12/h3-4,7-8,14-15H,2,5-6,13H2,1H3. The minimum atomic E-state index is -0.386. The molecule has 0 aliphatic rings. The molecule has 0 aliphatic carbocycles. The van der Waals surface area contributed by atoms with Crippen molar-refractivity contribution in [2.24, 2.45) is 5.73 Å². The summed E-state index contributed by atoms with van der Waals surface area (Å²) in [6.07, 6.45) is 0.865. The van der Waals surface area contributed by atoms with Crippen LogP contribution in [0.25, 0.3) is 0 Å². The highest BCUT2D eigenvalue weighted by molar-refractivity contribution is 5.29. The molecule has 4 heteroatoms. The molecule has 0 aliphatic heterocycles. The van der Waals surface area contributed by atoms with Crippen LogP contribution in [0.4, 0.5) is 4.39 Å². The van der Waals surface area contributed by atoms with E-state index in [1.54, 1.807) is 6.07 Å².